The van der Waals surface area contributed by atoms with Crippen molar-refractivity contribution in [2.75, 3.05) is 26.2 Å². The van der Waals surface area contributed by atoms with E-state index in [1.807, 2.05) is 11.0 Å². The van der Waals surface area contributed by atoms with Crippen molar-refractivity contribution < 1.29 is 23.0 Å². The quantitative estimate of drug-likeness (QED) is 0.834. The summed E-state index contributed by atoms with van der Waals surface area (Å²) in [5.74, 6) is 0.167. The number of hydrogen-bond donors (Lipinski definition) is 0. The van der Waals surface area contributed by atoms with Gasteiger partial charge in [0.25, 0.3) is 0 Å². The van der Waals surface area contributed by atoms with Crippen molar-refractivity contribution in [3.8, 4) is 5.75 Å². The number of halogens is 2. The van der Waals surface area contributed by atoms with Crippen molar-refractivity contribution >= 4 is 6.09 Å². The second-order valence-electron chi connectivity index (χ2n) is 6.02. The zero-order chi connectivity index (χ0) is 16.4. The first-order valence-corrected chi connectivity index (χ1v) is 7.73. The lowest BCUT2D eigenvalue weighted by atomic mass is 9.92. The highest BCUT2D eigenvalue weighted by molar-refractivity contribution is 5.71. The molecule has 0 spiro atoms. The summed E-state index contributed by atoms with van der Waals surface area (Å²) in [6.45, 7) is 2.35. The maximum absolute atomic E-state index is 12.3. The van der Waals surface area contributed by atoms with Crippen LogP contribution in [0, 0.1) is 0 Å². The van der Waals surface area contributed by atoms with Crippen molar-refractivity contribution in [1.82, 2.24) is 9.80 Å². The molecule has 126 valence electrons. The first-order valence-electron chi connectivity index (χ1n) is 7.73. The van der Waals surface area contributed by atoms with Crippen molar-refractivity contribution in [2.24, 2.45) is 0 Å². The number of ether oxygens (including phenoxy) is 2. The van der Waals surface area contributed by atoms with Gasteiger partial charge in [0, 0.05) is 26.2 Å². The average Bonchev–Trinajstić information content (AvgIpc) is 2.84. The summed E-state index contributed by atoms with van der Waals surface area (Å²) < 4.78 is 34.3. The molecule has 1 aromatic rings. The Morgan fingerprint density at radius 3 is 2.96 bits per heavy atom. The number of cyclic esters (lactones) is 1. The number of carbonyl (C=O) groups excluding carboxylic acids is 1. The van der Waals surface area contributed by atoms with E-state index in [4.69, 9.17) is 4.74 Å². The van der Waals surface area contributed by atoms with Gasteiger partial charge in [-0.15, -0.1) is 0 Å². The van der Waals surface area contributed by atoms with E-state index in [0.29, 0.717) is 19.7 Å². The molecule has 7 heteroatoms. The lowest BCUT2D eigenvalue weighted by Gasteiger charge is -2.44. The molecule has 2 heterocycles. The molecule has 1 aromatic carbocycles. The van der Waals surface area contributed by atoms with Crippen LogP contribution in [0.3, 0.4) is 0 Å². The zero-order valence-electron chi connectivity index (χ0n) is 13.0. The van der Waals surface area contributed by atoms with Gasteiger partial charge in [-0.25, -0.2) is 4.79 Å². The van der Waals surface area contributed by atoms with E-state index in [1.54, 1.807) is 12.1 Å². The predicted molar refractivity (Wildman–Crippen MR) is 79.4 cm³/mol. The fraction of sp³-hybridized carbons (Fsp3) is 0.562. The molecule has 5 nitrogen and oxygen atoms in total. The summed E-state index contributed by atoms with van der Waals surface area (Å²) in [6.07, 6.45) is 0.586. The minimum absolute atomic E-state index is 0.167. The summed E-state index contributed by atoms with van der Waals surface area (Å²) in [5.41, 5.74) is 0.639. The van der Waals surface area contributed by atoms with E-state index >= 15 is 0 Å². The molecule has 1 atom stereocenters. The number of rotatable bonds is 5. The molecule has 0 saturated carbocycles. The number of amides is 1. The number of nitrogens with zero attached hydrogens (tertiary/aromatic N) is 2. The van der Waals surface area contributed by atoms with Crippen molar-refractivity contribution in [2.45, 2.75) is 32.0 Å². The van der Waals surface area contributed by atoms with Gasteiger partial charge in [0.2, 0.25) is 0 Å². The molecule has 2 aliphatic heterocycles. The Morgan fingerprint density at radius 1 is 1.39 bits per heavy atom. The first kappa shape index (κ1) is 16.0. The molecule has 2 saturated heterocycles. The largest absolute Gasteiger partial charge is 0.447 e. The topological polar surface area (TPSA) is 42.0 Å². The van der Waals surface area contributed by atoms with Gasteiger partial charge in [0.05, 0.1) is 5.54 Å². The van der Waals surface area contributed by atoms with Crippen LogP contribution in [0.1, 0.15) is 18.9 Å². The molecule has 0 N–H and O–H groups in total. The third kappa shape index (κ3) is 3.24. The highest BCUT2D eigenvalue weighted by Gasteiger charge is 2.49. The molecule has 0 aliphatic carbocycles. The molecule has 2 aliphatic rings. The lowest BCUT2D eigenvalue weighted by molar-refractivity contribution is -0.0499. The zero-order valence-corrected chi connectivity index (χ0v) is 13.0. The summed E-state index contributed by atoms with van der Waals surface area (Å²) in [7, 11) is 0. The number of piperazine rings is 1. The Morgan fingerprint density at radius 2 is 2.22 bits per heavy atom. The fourth-order valence-corrected chi connectivity index (χ4v) is 3.36. The van der Waals surface area contributed by atoms with Crippen LogP contribution in [0.4, 0.5) is 13.6 Å². The third-order valence-corrected chi connectivity index (χ3v) is 4.60. The molecule has 3 rings (SSSR count). The number of alkyl halides is 2. The number of hydrogen-bond acceptors (Lipinski definition) is 4. The van der Waals surface area contributed by atoms with Crippen LogP contribution in [0.2, 0.25) is 0 Å². The Kier molecular flexibility index (Phi) is 4.39. The van der Waals surface area contributed by atoms with Crippen LogP contribution in [-0.2, 0) is 11.3 Å². The highest BCUT2D eigenvalue weighted by Crippen LogP contribution is 2.32. The highest BCUT2D eigenvalue weighted by atomic mass is 19.3. The van der Waals surface area contributed by atoms with Crippen molar-refractivity contribution in [1.29, 1.82) is 0 Å². The smallest absolute Gasteiger partial charge is 0.410 e. The molecule has 1 amide bonds. The molecule has 0 radical (unpaired) electrons. The van der Waals surface area contributed by atoms with E-state index in [2.05, 4.69) is 16.6 Å². The number of benzene rings is 1. The lowest BCUT2D eigenvalue weighted by Crippen LogP contribution is -2.60. The second-order valence-corrected chi connectivity index (χ2v) is 6.02. The molecule has 1 unspecified atom stereocenters. The standard InChI is InChI=1S/C16H20F2N2O3/c1-2-16-10-19(6-7-20(16)15(21)22-11-16)9-12-4-3-5-13(8-12)23-14(17)18/h3-5,8,14H,2,6-7,9-11H2,1H3. The maximum Gasteiger partial charge on any atom is 0.410 e. The minimum atomic E-state index is -2.82. The Balaban J connectivity index is 1.68. The summed E-state index contributed by atoms with van der Waals surface area (Å²) in [4.78, 5) is 15.8. The normalized spacial score (nSPS) is 24.7. The average molecular weight is 326 g/mol. The molecule has 0 bridgehead atoms. The number of fused-ring (bicyclic) bond motifs is 1. The van der Waals surface area contributed by atoms with Gasteiger partial charge >= 0.3 is 12.7 Å². The van der Waals surface area contributed by atoms with E-state index in [1.165, 1.54) is 6.07 Å². The van der Waals surface area contributed by atoms with Crippen LogP contribution >= 0.6 is 0 Å². The monoisotopic (exact) mass is 326 g/mol. The van der Waals surface area contributed by atoms with Gasteiger partial charge in [-0.2, -0.15) is 8.78 Å². The van der Waals surface area contributed by atoms with Crippen LogP contribution in [0.15, 0.2) is 24.3 Å². The van der Waals surface area contributed by atoms with Crippen LogP contribution in [0.5, 0.6) is 5.75 Å². The second kappa shape index (κ2) is 6.31. The van der Waals surface area contributed by atoms with Gasteiger partial charge in [-0.1, -0.05) is 19.1 Å². The van der Waals surface area contributed by atoms with E-state index in [9.17, 15) is 13.6 Å². The minimum Gasteiger partial charge on any atom is -0.447 e. The van der Waals surface area contributed by atoms with Gasteiger partial charge in [-0.05, 0) is 24.1 Å². The van der Waals surface area contributed by atoms with Crippen LogP contribution in [0.25, 0.3) is 0 Å². The van der Waals surface area contributed by atoms with E-state index in [0.717, 1.165) is 25.1 Å². The first-order chi connectivity index (χ1) is 11.0. The Bertz CT molecular complexity index is 584. The molecule has 23 heavy (non-hydrogen) atoms. The Hall–Kier alpha value is -1.89. The van der Waals surface area contributed by atoms with Crippen LogP contribution < -0.4 is 4.74 Å². The van der Waals surface area contributed by atoms with E-state index < -0.39 is 6.61 Å². The van der Waals surface area contributed by atoms with Gasteiger partial charge < -0.3 is 9.47 Å². The number of carbonyl (C=O) groups is 1. The van der Waals surface area contributed by atoms with Crippen LogP contribution in [-0.4, -0.2) is 54.3 Å². The predicted octanol–water partition coefficient (Wildman–Crippen LogP) is 2.70. The summed E-state index contributed by atoms with van der Waals surface area (Å²) in [5, 5.41) is 0. The fourth-order valence-electron chi connectivity index (χ4n) is 3.36. The van der Waals surface area contributed by atoms with Gasteiger partial charge in [0.15, 0.2) is 0 Å². The van der Waals surface area contributed by atoms with Crippen molar-refractivity contribution in [3.05, 3.63) is 29.8 Å². The Labute approximate surface area is 133 Å². The molecular weight excluding hydrogens is 306 g/mol. The van der Waals surface area contributed by atoms with Crippen molar-refractivity contribution in [3.63, 3.8) is 0 Å². The molecular formula is C16H20F2N2O3. The van der Waals surface area contributed by atoms with Gasteiger partial charge in [-0.3, -0.25) is 9.80 Å². The van der Waals surface area contributed by atoms with Gasteiger partial charge in [0.1, 0.15) is 12.4 Å². The maximum atomic E-state index is 12.3. The SMILES string of the molecule is CCC12COC(=O)N1CCN(Cc1cccc(OC(F)F)c1)C2. The molecule has 2 fully saturated rings. The summed E-state index contributed by atoms with van der Waals surface area (Å²) >= 11 is 0. The summed E-state index contributed by atoms with van der Waals surface area (Å²) in [6, 6.07) is 6.75. The third-order valence-electron chi connectivity index (χ3n) is 4.60. The molecule has 0 aromatic heterocycles. The van der Waals surface area contributed by atoms with E-state index in [-0.39, 0.29) is 17.4 Å².